The molecule has 5 rings (SSSR count). The molecule has 0 aliphatic heterocycles. The number of hydrogen-bond acceptors (Lipinski definition) is 5. The number of carbonyl (C=O) groups is 1. The Bertz CT molecular complexity index is 1880. The van der Waals surface area contributed by atoms with Gasteiger partial charge in [-0.2, -0.15) is 5.26 Å². The number of para-hydroxylation sites is 1. The van der Waals surface area contributed by atoms with Gasteiger partial charge in [-0.05, 0) is 54.6 Å². The van der Waals surface area contributed by atoms with Crippen molar-refractivity contribution in [2.45, 2.75) is 0 Å². The maximum atomic E-state index is 13.6. The van der Waals surface area contributed by atoms with Gasteiger partial charge in [0, 0.05) is 22.3 Å². The molecule has 1 N–H and O–H groups in total. The van der Waals surface area contributed by atoms with Crippen molar-refractivity contribution in [2.24, 2.45) is 0 Å². The summed E-state index contributed by atoms with van der Waals surface area (Å²) in [6, 6.07) is 28.1. The lowest BCUT2D eigenvalue weighted by atomic mass is 10.2. The molecule has 0 unspecified atom stereocenters. The summed E-state index contributed by atoms with van der Waals surface area (Å²) in [4.78, 5) is 26.7. The minimum atomic E-state index is -0.661. The van der Waals surface area contributed by atoms with Crippen molar-refractivity contribution >= 4 is 57.8 Å². The number of nitriles is 1. The van der Waals surface area contributed by atoms with E-state index in [-0.39, 0.29) is 14.8 Å². The van der Waals surface area contributed by atoms with Crippen molar-refractivity contribution in [2.75, 3.05) is 5.32 Å². The van der Waals surface area contributed by atoms with Gasteiger partial charge in [0.2, 0.25) is 0 Å². The summed E-state index contributed by atoms with van der Waals surface area (Å²) in [5.41, 5.74) is 1.06. The van der Waals surface area contributed by atoms with Gasteiger partial charge < -0.3 is 9.73 Å². The van der Waals surface area contributed by atoms with Crippen LogP contribution in [0.5, 0.6) is 0 Å². The molecular formula is C29H17Cl2N3O3S. The molecule has 38 heavy (non-hydrogen) atoms. The summed E-state index contributed by atoms with van der Waals surface area (Å²) in [7, 11) is 0. The molecule has 186 valence electrons. The molecule has 0 aliphatic carbocycles. The van der Waals surface area contributed by atoms with Crippen LogP contribution in [0.4, 0.5) is 5.69 Å². The van der Waals surface area contributed by atoms with Gasteiger partial charge in [-0.1, -0.05) is 59.6 Å². The lowest BCUT2D eigenvalue weighted by molar-refractivity contribution is -0.111. The second-order valence-electron chi connectivity index (χ2n) is 8.03. The molecular weight excluding hydrogens is 541 g/mol. The summed E-state index contributed by atoms with van der Waals surface area (Å²) in [6.45, 7) is 0. The summed E-state index contributed by atoms with van der Waals surface area (Å²) >= 11 is 13.3. The van der Waals surface area contributed by atoms with Gasteiger partial charge in [0.1, 0.15) is 22.3 Å². The molecule has 0 aliphatic rings. The average Bonchev–Trinajstić information content (AvgIpc) is 3.50. The van der Waals surface area contributed by atoms with Crippen molar-refractivity contribution < 1.29 is 9.21 Å². The van der Waals surface area contributed by atoms with E-state index in [1.807, 2.05) is 30.3 Å². The van der Waals surface area contributed by atoms with Crippen LogP contribution in [0.3, 0.4) is 0 Å². The number of hydrogen-bond donors (Lipinski definition) is 1. The van der Waals surface area contributed by atoms with Gasteiger partial charge in [-0.25, -0.2) is 0 Å². The van der Waals surface area contributed by atoms with E-state index in [1.165, 1.54) is 4.57 Å². The number of carbonyl (C=O) groups excluding carboxylic acids is 1. The Labute approximate surface area is 230 Å². The Morgan fingerprint density at radius 3 is 2.47 bits per heavy atom. The lowest BCUT2D eigenvalue weighted by Crippen LogP contribution is -2.32. The van der Waals surface area contributed by atoms with Crippen LogP contribution in [-0.2, 0) is 4.79 Å². The van der Waals surface area contributed by atoms with Gasteiger partial charge in [0.25, 0.3) is 11.5 Å². The number of furan rings is 1. The molecule has 0 saturated heterocycles. The Morgan fingerprint density at radius 2 is 1.74 bits per heavy atom. The smallest absolute Gasteiger partial charge is 0.273 e. The maximum absolute atomic E-state index is 13.6. The van der Waals surface area contributed by atoms with E-state index in [2.05, 4.69) is 5.32 Å². The van der Waals surface area contributed by atoms with Crippen LogP contribution in [0, 0.1) is 11.3 Å². The van der Waals surface area contributed by atoms with Crippen molar-refractivity contribution in [1.29, 1.82) is 5.26 Å². The fourth-order valence-corrected chi connectivity index (χ4v) is 5.28. The highest BCUT2D eigenvalue weighted by molar-refractivity contribution is 7.07. The lowest BCUT2D eigenvalue weighted by Gasteiger charge is -2.06. The van der Waals surface area contributed by atoms with Crippen LogP contribution >= 0.6 is 34.5 Å². The van der Waals surface area contributed by atoms with Gasteiger partial charge in [-0.3, -0.25) is 14.2 Å². The second-order valence-corrected chi connectivity index (χ2v) is 9.90. The molecule has 0 atom stereocenters. The van der Waals surface area contributed by atoms with E-state index >= 15 is 0 Å². The summed E-state index contributed by atoms with van der Waals surface area (Å²) in [6.07, 6.45) is 1.58. The summed E-state index contributed by atoms with van der Waals surface area (Å²) < 4.78 is 7.77. The number of nitrogens with zero attached hydrogens (tertiary/aromatic N) is 2. The quantitative estimate of drug-likeness (QED) is 0.304. The first kappa shape index (κ1) is 25.3. The third-order valence-electron chi connectivity index (χ3n) is 5.51. The number of rotatable bonds is 5. The van der Waals surface area contributed by atoms with Crippen LogP contribution < -0.4 is 20.1 Å². The number of thiazole rings is 1. The van der Waals surface area contributed by atoms with Gasteiger partial charge in [-0.15, -0.1) is 11.3 Å². The van der Waals surface area contributed by atoms with E-state index in [9.17, 15) is 14.9 Å². The summed E-state index contributed by atoms with van der Waals surface area (Å²) in [5, 5.41) is 13.6. The largest absolute Gasteiger partial charge is 0.457 e. The number of amides is 1. The topological polar surface area (TPSA) is 88.0 Å². The van der Waals surface area contributed by atoms with Gasteiger partial charge in [0.15, 0.2) is 5.57 Å². The first-order valence-corrected chi connectivity index (χ1v) is 12.9. The number of nitrogens with one attached hydrogen (secondary N) is 1. The Hall–Kier alpha value is -4.35. The van der Waals surface area contributed by atoms with E-state index < -0.39 is 11.5 Å². The molecule has 0 spiro atoms. The van der Waals surface area contributed by atoms with Crippen LogP contribution in [0.1, 0.15) is 5.76 Å². The highest BCUT2D eigenvalue weighted by Crippen LogP contribution is 2.29. The Kier molecular flexibility index (Phi) is 7.29. The predicted molar refractivity (Wildman–Crippen MR) is 151 cm³/mol. The van der Waals surface area contributed by atoms with Crippen LogP contribution in [0.2, 0.25) is 10.0 Å². The number of anilines is 1. The van der Waals surface area contributed by atoms with Crippen molar-refractivity contribution in [3.8, 4) is 23.1 Å². The van der Waals surface area contributed by atoms with E-state index in [4.69, 9.17) is 27.6 Å². The zero-order valence-electron chi connectivity index (χ0n) is 19.5. The normalized spacial score (nSPS) is 12.2. The van der Waals surface area contributed by atoms with Crippen molar-refractivity contribution in [3.63, 3.8) is 0 Å². The van der Waals surface area contributed by atoms with Gasteiger partial charge >= 0.3 is 0 Å². The van der Waals surface area contributed by atoms with Gasteiger partial charge in [0.05, 0.1) is 15.2 Å². The van der Waals surface area contributed by atoms with E-state index in [0.29, 0.717) is 32.9 Å². The zero-order valence-corrected chi connectivity index (χ0v) is 21.8. The van der Waals surface area contributed by atoms with Crippen molar-refractivity contribution in [3.05, 3.63) is 126 Å². The first-order chi connectivity index (χ1) is 18.4. The fraction of sp³-hybridized carbons (Fsp3) is 0. The minimum absolute atomic E-state index is 0.187. The molecule has 2 heterocycles. The highest BCUT2D eigenvalue weighted by atomic mass is 35.5. The first-order valence-electron chi connectivity index (χ1n) is 11.3. The Balaban J connectivity index is 1.67. The SMILES string of the molecule is N#C/C(C(=O)Nc1cccc(Cl)c1)=c1/s/c(=C/c2ccc(-c3ccccc3Cl)o2)c(=O)n1-c1ccccc1. The average molecular weight is 558 g/mol. The number of benzene rings is 3. The molecule has 0 saturated carbocycles. The standard InChI is InChI=1S/C29H17Cl2N3O3S/c30-18-7-6-8-19(15-18)33-27(35)23(17-32)29-34(20-9-2-1-3-10-20)28(36)26(38-29)16-21-13-14-25(37-21)22-11-4-5-12-24(22)31/h1-16H,(H,33,35)/b26-16+,29-23-. The molecule has 2 aromatic heterocycles. The molecule has 0 fully saturated rings. The number of halogens is 2. The molecule has 9 heteroatoms. The summed E-state index contributed by atoms with van der Waals surface area (Å²) in [5.74, 6) is 0.311. The molecule has 5 aromatic rings. The van der Waals surface area contributed by atoms with E-state index in [0.717, 1.165) is 16.9 Å². The van der Waals surface area contributed by atoms with E-state index in [1.54, 1.807) is 72.8 Å². The van der Waals surface area contributed by atoms with Crippen LogP contribution in [-0.4, -0.2) is 10.5 Å². The molecule has 0 bridgehead atoms. The molecule has 6 nitrogen and oxygen atoms in total. The molecule has 1 amide bonds. The maximum Gasteiger partial charge on any atom is 0.273 e. The highest BCUT2D eigenvalue weighted by Gasteiger charge is 2.18. The predicted octanol–water partition coefficient (Wildman–Crippen LogP) is 5.61. The third kappa shape index (κ3) is 5.20. The minimum Gasteiger partial charge on any atom is -0.457 e. The molecule has 0 radical (unpaired) electrons. The van der Waals surface area contributed by atoms with Crippen LogP contribution in [0.15, 0.2) is 100 Å². The second kappa shape index (κ2) is 11.0. The third-order valence-corrected chi connectivity index (χ3v) is 7.17. The fourth-order valence-electron chi connectivity index (χ4n) is 3.78. The van der Waals surface area contributed by atoms with Crippen LogP contribution in [0.25, 0.3) is 28.7 Å². The zero-order chi connectivity index (χ0) is 26.6. The van der Waals surface area contributed by atoms with Crippen molar-refractivity contribution in [1.82, 2.24) is 4.57 Å². The Morgan fingerprint density at radius 1 is 0.974 bits per heavy atom. The monoisotopic (exact) mass is 557 g/mol. The molecule has 3 aromatic carbocycles. The number of aromatic nitrogens is 1.